The van der Waals surface area contributed by atoms with Crippen molar-refractivity contribution in [2.75, 3.05) is 0 Å². The molecular weight excluding hydrogens is 232 g/mol. The maximum Gasteiger partial charge on any atom is 0.330 e. The Labute approximate surface area is 104 Å². The lowest BCUT2D eigenvalue weighted by atomic mass is 10.1. The standard InChI is InChI=1S/C13H14N2O3/c1-8-11(9-5-4-6-10(16)7-9)12(17)15(3)13(18)14(8)2/h4-7,16H,1-3H3. The Hall–Kier alpha value is -2.30. The predicted octanol–water partition coefficient (Wildman–Crippen LogP) is 0.765. The molecule has 0 amide bonds. The van der Waals surface area contributed by atoms with Gasteiger partial charge in [-0.2, -0.15) is 0 Å². The molecule has 94 valence electrons. The summed E-state index contributed by atoms with van der Waals surface area (Å²) in [5.74, 6) is 0.0859. The number of hydrogen-bond donors (Lipinski definition) is 1. The van der Waals surface area contributed by atoms with Crippen LogP contribution in [-0.2, 0) is 14.1 Å². The quantitative estimate of drug-likeness (QED) is 0.808. The van der Waals surface area contributed by atoms with Crippen LogP contribution in [0.5, 0.6) is 5.75 Å². The van der Waals surface area contributed by atoms with Gasteiger partial charge in [0.25, 0.3) is 5.56 Å². The van der Waals surface area contributed by atoms with Crippen molar-refractivity contribution in [3.63, 3.8) is 0 Å². The third-order valence-corrected chi connectivity index (χ3v) is 3.09. The van der Waals surface area contributed by atoms with Crippen molar-refractivity contribution in [1.29, 1.82) is 0 Å². The highest BCUT2D eigenvalue weighted by molar-refractivity contribution is 5.66. The second-order valence-electron chi connectivity index (χ2n) is 4.22. The fraction of sp³-hybridized carbons (Fsp3) is 0.231. The predicted molar refractivity (Wildman–Crippen MR) is 68.8 cm³/mol. The summed E-state index contributed by atoms with van der Waals surface area (Å²) in [7, 11) is 3.06. The molecule has 0 saturated heterocycles. The number of benzene rings is 1. The molecule has 0 radical (unpaired) electrons. The number of nitrogens with zero attached hydrogens (tertiary/aromatic N) is 2. The van der Waals surface area contributed by atoms with Crippen LogP contribution in [0.3, 0.4) is 0 Å². The summed E-state index contributed by atoms with van der Waals surface area (Å²) in [6.07, 6.45) is 0. The average molecular weight is 246 g/mol. The summed E-state index contributed by atoms with van der Waals surface area (Å²) in [4.78, 5) is 23.9. The molecule has 5 nitrogen and oxygen atoms in total. The topological polar surface area (TPSA) is 64.2 Å². The molecule has 1 aromatic carbocycles. The maximum absolute atomic E-state index is 12.1. The number of phenols is 1. The molecule has 1 N–H and O–H groups in total. The highest BCUT2D eigenvalue weighted by atomic mass is 16.3. The first kappa shape index (κ1) is 12.2. The molecule has 2 rings (SSSR count). The first-order valence-electron chi connectivity index (χ1n) is 5.49. The molecule has 0 atom stereocenters. The molecule has 0 bridgehead atoms. The van der Waals surface area contributed by atoms with E-state index in [1.807, 2.05) is 0 Å². The smallest absolute Gasteiger partial charge is 0.330 e. The molecule has 0 aliphatic heterocycles. The number of aromatic nitrogens is 2. The molecule has 2 aromatic rings. The van der Waals surface area contributed by atoms with Crippen LogP contribution < -0.4 is 11.2 Å². The number of hydrogen-bond acceptors (Lipinski definition) is 3. The monoisotopic (exact) mass is 246 g/mol. The molecule has 1 aromatic heterocycles. The van der Waals surface area contributed by atoms with E-state index in [4.69, 9.17) is 0 Å². The van der Waals surface area contributed by atoms with Gasteiger partial charge in [-0.25, -0.2) is 4.79 Å². The Balaban J connectivity index is 2.89. The van der Waals surface area contributed by atoms with Gasteiger partial charge in [-0.3, -0.25) is 9.36 Å². The van der Waals surface area contributed by atoms with E-state index < -0.39 is 0 Å². The molecule has 0 spiro atoms. The molecule has 0 aliphatic carbocycles. The first-order valence-corrected chi connectivity index (χ1v) is 5.49. The van der Waals surface area contributed by atoms with E-state index in [1.165, 1.54) is 23.7 Å². The van der Waals surface area contributed by atoms with E-state index in [0.717, 1.165) is 4.57 Å². The van der Waals surface area contributed by atoms with Gasteiger partial charge in [0.15, 0.2) is 0 Å². The Bertz CT molecular complexity index is 726. The minimum Gasteiger partial charge on any atom is -0.508 e. The zero-order valence-electron chi connectivity index (χ0n) is 10.5. The second kappa shape index (κ2) is 4.18. The largest absolute Gasteiger partial charge is 0.508 e. The Morgan fingerprint density at radius 3 is 2.39 bits per heavy atom. The van der Waals surface area contributed by atoms with E-state index in [2.05, 4.69) is 0 Å². The molecule has 0 unspecified atom stereocenters. The second-order valence-corrected chi connectivity index (χ2v) is 4.22. The molecule has 0 fully saturated rings. The summed E-state index contributed by atoms with van der Waals surface area (Å²) >= 11 is 0. The number of aromatic hydroxyl groups is 1. The van der Waals surface area contributed by atoms with Crippen LogP contribution in [0, 0.1) is 6.92 Å². The first-order chi connectivity index (χ1) is 8.43. The Morgan fingerprint density at radius 2 is 1.78 bits per heavy atom. The Morgan fingerprint density at radius 1 is 1.11 bits per heavy atom. The minimum absolute atomic E-state index is 0.0859. The van der Waals surface area contributed by atoms with E-state index in [0.29, 0.717) is 16.8 Å². The minimum atomic E-state index is -0.360. The molecular formula is C13H14N2O3. The van der Waals surface area contributed by atoms with Gasteiger partial charge in [0, 0.05) is 19.8 Å². The van der Waals surface area contributed by atoms with E-state index in [1.54, 1.807) is 26.1 Å². The van der Waals surface area contributed by atoms with Gasteiger partial charge in [0.2, 0.25) is 0 Å². The van der Waals surface area contributed by atoms with Crippen LogP contribution in [-0.4, -0.2) is 14.2 Å². The molecule has 0 saturated carbocycles. The lowest BCUT2D eigenvalue weighted by Gasteiger charge is -2.12. The van der Waals surface area contributed by atoms with Gasteiger partial charge in [0.05, 0.1) is 5.56 Å². The van der Waals surface area contributed by atoms with Crippen LogP contribution in [0.25, 0.3) is 11.1 Å². The van der Waals surface area contributed by atoms with Gasteiger partial charge < -0.3 is 9.67 Å². The summed E-state index contributed by atoms with van der Waals surface area (Å²) < 4.78 is 2.48. The summed E-state index contributed by atoms with van der Waals surface area (Å²) in [6, 6.07) is 6.43. The van der Waals surface area contributed by atoms with Crippen LogP contribution in [0.1, 0.15) is 5.69 Å². The van der Waals surface area contributed by atoms with Crippen LogP contribution in [0.2, 0.25) is 0 Å². The molecule has 1 heterocycles. The van der Waals surface area contributed by atoms with Crippen molar-refractivity contribution in [1.82, 2.24) is 9.13 Å². The Kier molecular flexibility index (Phi) is 2.82. The van der Waals surface area contributed by atoms with Gasteiger partial charge in [-0.1, -0.05) is 12.1 Å². The van der Waals surface area contributed by atoms with E-state index >= 15 is 0 Å². The SMILES string of the molecule is Cc1c(-c2cccc(O)c2)c(=O)n(C)c(=O)n1C. The van der Waals surface area contributed by atoms with Gasteiger partial charge in [0.1, 0.15) is 5.75 Å². The van der Waals surface area contributed by atoms with Gasteiger partial charge in [-0.05, 0) is 24.6 Å². The third-order valence-electron chi connectivity index (χ3n) is 3.09. The van der Waals surface area contributed by atoms with Crippen molar-refractivity contribution < 1.29 is 5.11 Å². The lowest BCUT2D eigenvalue weighted by molar-refractivity contribution is 0.475. The van der Waals surface area contributed by atoms with Crippen molar-refractivity contribution in [2.24, 2.45) is 14.1 Å². The van der Waals surface area contributed by atoms with Crippen molar-refractivity contribution in [3.8, 4) is 16.9 Å². The lowest BCUT2D eigenvalue weighted by Crippen LogP contribution is -2.39. The van der Waals surface area contributed by atoms with E-state index in [9.17, 15) is 14.7 Å². The highest BCUT2D eigenvalue weighted by Gasteiger charge is 2.14. The summed E-state index contributed by atoms with van der Waals surface area (Å²) in [5, 5.41) is 9.47. The normalized spacial score (nSPS) is 10.6. The van der Waals surface area contributed by atoms with Crippen molar-refractivity contribution in [2.45, 2.75) is 6.92 Å². The zero-order chi connectivity index (χ0) is 13.4. The van der Waals surface area contributed by atoms with Crippen LogP contribution in [0.15, 0.2) is 33.9 Å². The fourth-order valence-corrected chi connectivity index (χ4v) is 1.94. The number of phenolic OH excluding ortho intramolecular Hbond substituents is 1. The van der Waals surface area contributed by atoms with Gasteiger partial charge in [-0.15, -0.1) is 0 Å². The van der Waals surface area contributed by atoms with Crippen LogP contribution >= 0.6 is 0 Å². The zero-order valence-corrected chi connectivity index (χ0v) is 10.5. The van der Waals surface area contributed by atoms with Crippen LogP contribution in [0.4, 0.5) is 0 Å². The molecule has 5 heteroatoms. The van der Waals surface area contributed by atoms with Crippen molar-refractivity contribution in [3.05, 3.63) is 50.8 Å². The van der Waals surface area contributed by atoms with Gasteiger partial charge >= 0.3 is 5.69 Å². The third kappa shape index (κ3) is 1.73. The highest BCUT2D eigenvalue weighted by Crippen LogP contribution is 2.22. The molecule has 0 aliphatic rings. The van der Waals surface area contributed by atoms with E-state index in [-0.39, 0.29) is 17.0 Å². The maximum atomic E-state index is 12.1. The summed E-state index contributed by atoms with van der Waals surface area (Å²) in [6.45, 7) is 1.71. The fourth-order valence-electron chi connectivity index (χ4n) is 1.94. The van der Waals surface area contributed by atoms with Crippen molar-refractivity contribution >= 4 is 0 Å². The molecule has 18 heavy (non-hydrogen) atoms. The number of rotatable bonds is 1. The average Bonchev–Trinajstić information content (AvgIpc) is 2.34. The summed E-state index contributed by atoms with van der Waals surface area (Å²) in [5.41, 5.74) is 0.885.